The third-order valence-electron chi connectivity index (χ3n) is 2.72. The van der Waals surface area contributed by atoms with Gasteiger partial charge >= 0.3 is 0 Å². The molecule has 0 amide bonds. The predicted molar refractivity (Wildman–Crippen MR) is 96.8 cm³/mol. The van der Waals surface area contributed by atoms with Crippen molar-refractivity contribution in [2.24, 2.45) is 0 Å². The number of nitrogens with one attached hydrogen (secondary N) is 2. The molecule has 0 saturated heterocycles. The van der Waals surface area contributed by atoms with Gasteiger partial charge in [-0.3, -0.25) is 4.72 Å². The number of halogens is 1. The summed E-state index contributed by atoms with van der Waals surface area (Å²) in [5, 5.41) is 10.5. The molecular formula is C14H15ClN4O3S2. The number of hydrogen-bond acceptors (Lipinski definition) is 6. The van der Waals surface area contributed by atoms with Gasteiger partial charge in [0.05, 0.1) is 11.5 Å². The molecule has 0 aliphatic rings. The summed E-state index contributed by atoms with van der Waals surface area (Å²) in [5.74, 6) is 0.0794. The lowest BCUT2D eigenvalue weighted by Gasteiger charge is -2.10. The highest BCUT2D eigenvalue weighted by atomic mass is 35.5. The second-order valence-corrected chi connectivity index (χ2v) is 7.07. The summed E-state index contributed by atoms with van der Waals surface area (Å²) in [5.41, 5.74) is 0.626. The monoisotopic (exact) mass is 386 g/mol. The Morgan fingerprint density at radius 3 is 2.50 bits per heavy atom. The van der Waals surface area contributed by atoms with E-state index in [1.54, 1.807) is 12.1 Å². The third-order valence-corrected chi connectivity index (χ3v) is 4.51. The Morgan fingerprint density at radius 2 is 1.92 bits per heavy atom. The first kappa shape index (κ1) is 18.4. The molecule has 7 nitrogen and oxygen atoms in total. The topological polar surface area (TPSA) is 93.2 Å². The number of nitrogens with zero attached hydrogens (tertiary/aromatic N) is 2. The zero-order valence-corrected chi connectivity index (χ0v) is 15.1. The van der Waals surface area contributed by atoms with E-state index in [1.807, 2.05) is 6.92 Å². The Kier molecular flexibility index (Phi) is 6.29. The first-order chi connectivity index (χ1) is 11.4. The summed E-state index contributed by atoms with van der Waals surface area (Å²) < 4.78 is 32.1. The predicted octanol–water partition coefficient (Wildman–Crippen LogP) is 3.05. The molecule has 2 N–H and O–H groups in total. The zero-order valence-electron chi connectivity index (χ0n) is 12.7. The van der Waals surface area contributed by atoms with Gasteiger partial charge in [-0.05, 0) is 55.0 Å². The summed E-state index contributed by atoms with van der Waals surface area (Å²) in [6.45, 7) is 2.49. The van der Waals surface area contributed by atoms with Gasteiger partial charge in [0.25, 0.3) is 15.2 Å². The number of anilines is 2. The van der Waals surface area contributed by atoms with Crippen LogP contribution in [-0.2, 0) is 14.8 Å². The number of aromatic nitrogens is 2. The van der Waals surface area contributed by atoms with Crippen LogP contribution >= 0.6 is 23.8 Å². The van der Waals surface area contributed by atoms with Gasteiger partial charge in [-0.15, -0.1) is 10.2 Å². The van der Waals surface area contributed by atoms with E-state index in [0.29, 0.717) is 12.3 Å². The van der Waals surface area contributed by atoms with Crippen molar-refractivity contribution < 1.29 is 13.2 Å². The van der Waals surface area contributed by atoms with E-state index in [-0.39, 0.29) is 21.0 Å². The molecule has 0 spiro atoms. The maximum Gasteiger partial charge on any atom is 0.263 e. The molecule has 1 aromatic heterocycles. The van der Waals surface area contributed by atoms with Gasteiger partial charge in [0, 0.05) is 5.69 Å². The van der Waals surface area contributed by atoms with Crippen LogP contribution in [0.15, 0.2) is 41.3 Å². The van der Waals surface area contributed by atoms with Crippen LogP contribution in [0.5, 0.6) is 0 Å². The molecule has 0 fully saturated rings. The molecule has 0 bridgehead atoms. The third kappa shape index (κ3) is 5.29. The molecule has 1 aromatic carbocycles. The standard InChI is InChI=1S/C14H15ClN4O3S2/c1-2-9-22-14(23)16-10-3-5-11(6-4-10)24(20,21)19-13-8-7-12(15)17-18-13/h3-8H,2,9H2,1H3,(H,16,23)(H,18,19). The highest BCUT2D eigenvalue weighted by Crippen LogP contribution is 2.17. The molecule has 10 heteroatoms. The van der Waals surface area contributed by atoms with Crippen molar-refractivity contribution >= 4 is 50.5 Å². The van der Waals surface area contributed by atoms with Gasteiger partial charge in [-0.25, -0.2) is 8.42 Å². The molecule has 1 heterocycles. The van der Waals surface area contributed by atoms with Crippen molar-refractivity contribution in [2.75, 3.05) is 16.6 Å². The molecule has 128 valence electrons. The fourth-order valence-electron chi connectivity index (χ4n) is 1.63. The quantitative estimate of drug-likeness (QED) is 0.737. The van der Waals surface area contributed by atoms with E-state index in [9.17, 15) is 8.42 Å². The summed E-state index contributed by atoms with van der Waals surface area (Å²) in [7, 11) is -3.77. The van der Waals surface area contributed by atoms with Gasteiger partial charge in [0.15, 0.2) is 11.0 Å². The number of hydrogen-bond donors (Lipinski definition) is 2. The zero-order chi connectivity index (χ0) is 17.6. The van der Waals surface area contributed by atoms with E-state index in [1.165, 1.54) is 24.3 Å². The first-order valence-electron chi connectivity index (χ1n) is 6.96. The van der Waals surface area contributed by atoms with Crippen LogP contribution in [0.1, 0.15) is 13.3 Å². The lowest BCUT2D eigenvalue weighted by Crippen LogP contribution is -2.15. The summed E-state index contributed by atoms with van der Waals surface area (Å²) in [6.07, 6.45) is 0.845. The maximum atomic E-state index is 12.3. The molecule has 2 rings (SSSR count). The highest BCUT2D eigenvalue weighted by Gasteiger charge is 2.15. The van der Waals surface area contributed by atoms with E-state index >= 15 is 0 Å². The lowest BCUT2D eigenvalue weighted by atomic mass is 10.3. The second-order valence-electron chi connectivity index (χ2n) is 4.63. The van der Waals surface area contributed by atoms with Gasteiger partial charge in [-0.1, -0.05) is 18.5 Å². The van der Waals surface area contributed by atoms with Crippen LogP contribution in [0.25, 0.3) is 0 Å². The van der Waals surface area contributed by atoms with Crippen molar-refractivity contribution in [3.63, 3.8) is 0 Å². The molecule has 0 radical (unpaired) electrons. The van der Waals surface area contributed by atoms with Crippen molar-refractivity contribution in [3.05, 3.63) is 41.6 Å². The minimum absolute atomic E-state index is 0.0743. The lowest BCUT2D eigenvalue weighted by molar-refractivity contribution is 0.312. The molecule has 0 saturated carbocycles. The molecule has 0 aliphatic carbocycles. The molecule has 0 atom stereocenters. The van der Waals surface area contributed by atoms with Crippen LogP contribution in [0.4, 0.5) is 11.5 Å². The fourth-order valence-corrected chi connectivity index (χ4v) is 2.93. The largest absolute Gasteiger partial charge is 0.471 e. The van der Waals surface area contributed by atoms with Gasteiger partial charge < -0.3 is 10.1 Å². The van der Waals surface area contributed by atoms with Gasteiger partial charge in [0.1, 0.15) is 0 Å². The smallest absolute Gasteiger partial charge is 0.263 e. The van der Waals surface area contributed by atoms with Crippen LogP contribution < -0.4 is 10.0 Å². The van der Waals surface area contributed by atoms with Crippen LogP contribution in [-0.4, -0.2) is 30.4 Å². The molecule has 0 aliphatic heterocycles. The minimum Gasteiger partial charge on any atom is -0.471 e. The number of rotatable bonds is 6. The number of thiocarbonyl (C=S) groups is 1. The average Bonchev–Trinajstić information content (AvgIpc) is 2.55. The fraction of sp³-hybridized carbons (Fsp3) is 0.214. The Labute approximate surface area is 150 Å². The Bertz CT molecular complexity index is 796. The summed E-state index contributed by atoms with van der Waals surface area (Å²) in [4.78, 5) is 0.0743. The Balaban J connectivity index is 2.05. The summed E-state index contributed by atoms with van der Waals surface area (Å²) in [6, 6.07) is 8.92. The average molecular weight is 387 g/mol. The van der Waals surface area contributed by atoms with Crippen molar-refractivity contribution in [2.45, 2.75) is 18.2 Å². The minimum atomic E-state index is -3.77. The van der Waals surface area contributed by atoms with Gasteiger partial charge in [-0.2, -0.15) is 0 Å². The van der Waals surface area contributed by atoms with E-state index < -0.39 is 10.0 Å². The molecule has 0 unspecified atom stereocenters. The first-order valence-corrected chi connectivity index (χ1v) is 9.23. The van der Waals surface area contributed by atoms with E-state index in [4.69, 9.17) is 28.6 Å². The van der Waals surface area contributed by atoms with E-state index in [0.717, 1.165) is 6.42 Å². The van der Waals surface area contributed by atoms with E-state index in [2.05, 4.69) is 20.2 Å². The Morgan fingerprint density at radius 1 is 1.21 bits per heavy atom. The maximum absolute atomic E-state index is 12.3. The number of sulfonamides is 1. The van der Waals surface area contributed by atoms with Crippen LogP contribution in [0.3, 0.4) is 0 Å². The SMILES string of the molecule is CCCOC(=S)Nc1ccc(S(=O)(=O)Nc2ccc(Cl)nn2)cc1. The molecule has 2 aromatic rings. The molecular weight excluding hydrogens is 372 g/mol. The molecule has 24 heavy (non-hydrogen) atoms. The number of ether oxygens (including phenoxy) is 1. The van der Waals surface area contributed by atoms with Crippen molar-refractivity contribution in [1.82, 2.24) is 10.2 Å². The van der Waals surface area contributed by atoms with Crippen LogP contribution in [0.2, 0.25) is 5.15 Å². The summed E-state index contributed by atoms with van der Waals surface area (Å²) >= 11 is 10.6. The highest BCUT2D eigenvalue weighted by molar-refractivity contribution is 7.92. The van der Waals surface area contributed by atoms with Crippen molar-refractivity contribution in [3.8, 4) is 0 Å². The second kappa shape index (κ2) is 8.22. The Hall–Kier alpha value is -1.97. The van der Waals surface area contributed by atoms with Gasteiger partial charge in [0.2, 0.25) is 0 Å². The number of benzene rings is 1. The van der Waals surface area contributed by atoms with Crippen molar-refractivity contribution in [1.29, 1.82) is 0 Å². The van der Waals surface area contributed by atoms with Crippen LogP contribution in [0, 0.1) is 0 Å². The normalized spacial score (nSPS) is 10.9.